The average molecular weight is 342 g/mol. The van der Waals surface area contributed by atoms with E-state index in [1.54, 1.807) is 4.90 Å². The van der Waals surface area contributed by atoms with E-state index >= 15 is 0 Å². The number of hydrogen-bond acceptors (Lipinski definition) is 5. The van der Waals surface area contributed by atoms with Crippen LogP contribution in [0.25, 0.3) is 0 Å². The zero-order valence-electron chi connectivity index (χ0n) is 13.4. The van der Waals surface area contributed by atoms with Crippen LogP contribution < -0.4 is 9.46 Å². The highest BCUT2D eigenvalue weighted by Gasteiger charge is 2.24. The van der Waals surface area contributed by atoms with Crippen molar-refractivity contribution in [2.75, 3.05) is 40.0 Å². The number of rotatable bonds is 6. The van der Waals surface area contributed by atoms with Gasteiger partial charge in [0, 0.05) is 19.6 Å². The summed E-state index contributed by atoms with van der Waals surface area (Å²) < 4.78 is 37.4. The van der Waals surface area contributed by atoms with Crippen LogP contribution in [0.15, 0.2) is 23.1 Å². The first-order valence-corrected chi connectivity index (χ1v) is 9.02. The van der Waals surface area contributed by atoms with E-state index in [-0.39, 0.29) is 16.4 Å². The Bertz CT molecular complexity index is 654. The molecule has 0 bridgehead atoms. The van der Waals surface area contributed by atoms with Gasteiger partial charge in [-0.15, -0.1) is 0 Å². The minimum Gasteiger partial charge on any atom is -0.496 e. The number of nitrogens with one attached hydrogen (secondary N) is 1. The first-order chi connectivity index (χ1) is 11.0. The molecule has 1 fully saturated rings. The lowest BCUT2D eigenvalue weighted by atomic mass is 10.1. The molecule has 1 aromatic carbocycles. The summed E-state index contributed by atoms with van der Waals surface area (Å²) in [6.07, 6.45) is 0.689. The molecular formula is C15H22N2O5S. The predicted octanol–water partition coefficient (Wildman–Crippen LogP) is 0.856. The standard InChI is InChI=1S/C15H22N2O5S/c1-3-6-16-23(19,20)12-4-5-14(21-2)13(11-12)15(18)17-7-9-22-10-8-17/h4-5,11,16H,3,6-10H2,1-2H3. The number of carbonyl (C=O) groups is 1. The van der Waals surface area contributed by atoms with Crippen LogP contribution in [0.2, 0.25) is 0 Å². The Morgan fingerprint density at radius 1 is 1.35 bits per heavy atom. The largest absolute Gasteiger partial charge is 0.496 e. The van der Waals surface area contributed by atoms with Crippen LogP contribution in [-0.2, 0) is 14.8 Å². The molecule has 1 aliphatic heterocycles. The van der Waals surface area contributed by atoms with Crippen LogP contribution in [0.4, 0.5) is 0 Å². The Kier molecular flexibility index (Phi) is 5.97. The second-order valence-corrected chi connectivity index (χ2v) is 6.93. The maximum Gasteiger partial charge on any atom is 0.257 e. The van der Waals surface area contributed by atoms with Crippen molar-refractivity contribution >= 4 is 15.9 Å². The Balaban J connectivity index is 2.33. The van der Waals surface area contributed by atoms with Gasteiger partial charge >= 0.3 is 0 Å². The third kappa shape index (κ3) is 4.21. The quantitative estimate of drug-likeness (QED) is 0.829. The molecule has 23 heavy (non-hydrogen) atoms. The predicted molar refractivity (Wildman–Crippen MR) is 85.2 cm³/mol. The van der Waals surface area contributed by atoms with Crippen LogP contribution in [-0.4, -0.2) is 59.2 Å². The Labute approximate surface area is 136 Å². The molecule has 1 aromatic rings. The van der Waals surface area contributed by atoms with E-state index in [2.05, 4.69) is 4.72 Å². The van der Waals surface area contributed by atoms with Gasteiger partial charge in [0.15, 0.2) is 0 Å². The molecular weight excluding hydrogens is 320 g/mol. The van der Waals surface area contributed by atoms with Crippen molar-refractivity contribution in [1.29, 1.82) is 0 Å². The van der Waals surface area contributed by atoms with Gasteiger partial charge in [0.25, 0.3) is 5.91 Å². The summed E-state index contributed by atoms with van der Waals surface area (Å²) in [6.45, 7) is 4.14. The molecule has 8 heteroatoms. The molecule has 0 aliphatic carbocycles. The highest BCUT2D eigenvalue weighted by atomic mass is 32.2. The molecule has 0 spiro atoms. The van der Waals surface area contributed by atoms with Crippen molar-refractivity contribution < 1.29 is 22.7 Å². The van der Waals surface area contributed by atoms with Gasteiger partial charge in [0.1, 0.15) is 5.75 Å². The number of amides is 1. The van der Waals surface area contributed by atoms with Gasteiger partial charge in [-0.3, -0.25) is 4.79 Å². The topological polar surface area (TPSA) is 84.9 Å². The maximum atomic E-state index is 12.6. The lowest BCUT2D eigenvalue weighted by Crippen LogP contribution is -2.40. The first-order valence-electron chi connectivity index (χ1n) is 7.54. The number of nitrogens with zero attached hydrogens (tertiary/aromatic N) is 1. The smallest absolute Gasteiger partial charge is 0.257 e. The molecule has 1 heterocycles. The van der Waals surface area contributed by atoms with Crippen molar-refractivity contribution in [2.45, 2.75) is 18.2 Å². The highest BCUT2D eigenvalue weighted by molar-refractivity contribution is 7.89. The number of benzene rings is 1. The Morgan fingerprint density at radius 2 is 2.04 bits per heavy atom. The fourth-order valence-corrected chi connectivity index (χ4v) is 3.44. The van der Waals surface area contributed by atoms with E-state index in [9.17, 15) is 13.2 Å². The van der Waals surface area contributed by atoms with Gasteiger partial charge in [-0.05, 0) is 24.6 Å². The number of morpholine rings is 1. The summed E-state index contributed by atoms with van der Waals surface area (Å²) in [5.41, 5.74) is 0.244. The third-order valence-corrected chi connectivity index (χ3v) is 5.01. The number of carbonyl (C=O) groups excluding carboxylic acids is 1. The summed E-state index contributed by atoms with van der Waals surface area (Å²) in [5, 5.41) is 0. The van der Waals surface area contributed by atoms with Crippen LogP contribution in [0, 0.1) is 0 Å². The van der Waals surface area contributed by atoms with E-state index in [1.165, 1.54) is 25.3 Å². The molecule has 1 N–H and O–H groups in total. The van der Waals surface area contributed by atoms with E-state index < -0.39 is 10.0 Å². The Morgan fingerprint density at radius 3 is 2.65 bits per heavy atom. The lowest BCUT2D eigenvalue weighted by Gasteiger charge is -2.27. The van der Waals surface area contributed by atoms with Crippen LogP contribution >= 0.6 is 0 Å². The van der Waals surface area contributed by atoms with Gasteiger partial charge in [-0.1, -0.05) is 6.92 Å². The van der Waals surface area contributed by atoms with E-state index in [0.717, 1.165) is 0 Å². The molecule has 0 atom stereocenters. The number of methoxy groups -OCH3 is 1. The van der Waals surface area contributed by atoms with Gasteiger partial charge in [-0.2, -0.15) is 0 Å². The van der Waals surface area contributed by atoms with Crippen LogP contribution in [0.1, 0.15) is 23.7 Å². The monoisotopic (exact) mass is 342 g/mol. The van der Waals surface area contributed by atoms with Crippen molar-refractivity contribution in [1.82, 2.24) is 9.62 Å². The summed E-state index contributed by atoms with van der Waals surface area (Å²) in [6, 6.07) is 4.32. The minimum absolute atomic E-state index is 0.0587. The fourth-order valence-electron chi connectivity index (χ4n) is 2.28. The second-order valence-electron chi connectivity index (χ2n) is 5.16. The van der Waals surface area contributed by atoms with Gasteiger partial charge in [0.2, 0.25) is 10.0 Å². The fraction of sp³-hybridized carbons (Fsp3) is 0.533. The number of ether oxygens (including phenoxy) is 2. The van der Waals surface area contributed by atoms with E-state index in [4.69, 9.17) is 9.47 Å². The molecule has 0 saturated carbocycles. The van der Waals surface area contributed by atoms with Crippen molar-refractivity contribution in [3.63, 3.8) is 0 Å². The van der Waals surface area contributed by atoms with Crippen molar-refractivity contribution in [2.24, 2.45) is 0 Å². The number of hydrogen-bond donors (Lipinski definition) is 1. The molecule has 1 aliphatic rings. The summed E-state index contributed by atoms with van der Waals surface area (Å²) >= 11 is 0. The van der Waals surface area contributed by atoms with E-state index in [1.807, 2.05) is 6.92 Å². The zero-order valence-corrected chi connectivity index (χ0v) is 14.2. The maximum absolute atomic E-state index is 12.6. The summed E-state index contributed by atoms with van der Waals surface area (Å²) in [4.78, 5) is 14.3. The zero-order chi connectivity index (χ0) is 16.9. The molecule has 2 rings (SSSR count). The third-order valence-electron chi connectivity index (χ3n) is 3.55. The average Bonchev–Trinajstić information content (AvgIpc) is 2.59. The highest BCUT2D eigenvalue weighted by Crippen LogP contribution is 2.24. The molecule has 0 radical (unpaired) electrons. The molecule has 128 valence electrons. The van der Waals surface area contributed by atoms with Gasteiger partial charge in [0.05, 0.1) is 30.8 Å². The molecule has 1 amide bonds. The van der Waals surface area contributed by atoms with Crippen LogP contribution in [0.3, 0.4) is 0 Å². The normalized spacial score (nSPS) is 15.5. The van der Waals surface area contributed by atoms with Crippen molar-refractivity contribution in [3.8, 4) is 5.75 Å². The minimum atomic E-state index is -3.64. The molecule has 0 unspecified atom stereocenters. The molecule has 0 aromatic heterocycles. The van der Waals surface area contributed by atoms with E-state index in [0.29, 0.717) is 45.0 Å². The van der Waals surface area contributed by atoms with Crippen molar-refractivity contribution in [3.05, 3.63) is 23.8 Å². The SMILES string of the molecule is CCCNS(=O)(=O)c1ccc(OC)c(C(=O)N2CCOCC2)c1. The number of sulfonamides is 1. The summed E-state index contributed by atoms with van der Waals surface area (Å²) in [7, 11) is -2.18. The molecule has 7 nitrogen and oxygen atoms in total. The second kappa shape index (κ2) is 7.76. The van der Waals surface area contributed by atoms with Crippen LogP contribution in [0.5, 0.6) is 5.75 Å². The lowest BCUT2D eigenvalue weighted by molar-refractivity contribution is 0.0300. The Hall–Kier alpha value is -1.64. The summed E-state index contributed by atoms with van der Waals surface area (Å²) in [5.74, 6) is 0.105. The molecule has 1 saturated heterocycles. The van der Waals surface area contributed by atoms with Gasteiger partial charge < -0.3 is 14.4 Å². The van der Waals surface area contributed by atoms with Gasteiger partial charge in [-0.25, -0.2) is 13.1 Å². The first kappa shape index (κ1) is 17.7.